The molecule has 1 aromatic carbocycles. The number of carbonyl (C=O) groups excluding carboxylic acids is 4. The summed E-state index contributed by atoms with van der Waals surface area (Å²) in [6.07, 6.45) is 2.07. The smallest absolute Gasteiger partial charge is 0.407 e. The van der Waals surface area contributed by atoms with E-state index >= 15 is 0 Å². The van der Waals surface area contributed by atoms with Crippen LogP contribution in [0.4, 0.5) is 4.79 Å². The maximum atomic E-state index is 12.2. The van der Waals surface area contributed by atoms with Gasteiger partial charge in [0.1, 0.15) is 12.2 Å². The van der Waals surface area contributed by atoms with Gasteiger partial charge in [0, 0.05) is 6.04 Å². The van der Waals surface area contributed by atoms with Gasteiger partial charge < -0.3 is 19.6 Å². The van der Waals surface area contributed by atoms with Crippen LogP contribution in [0.1, 0.15) is 67.2 Å². The fraction of sp³-hybridized carbons (Fsp3) is 0.524. The minimum Gasteiger partial charge on any atom is -0.444 e. The molecule has 0 saturated heterocycles. The maximum absolute atomic E-state index is 12.2. The Labute approximate surface area is 174 Å². The molecule has 9 nitrogen and oxygen atoms in total. The van der Waals surface area contributed by atoms with Crippen LogP contribution in [0, 0.1) is 0 Å². The summed E-state index contributed by atoms with van der Waals surface area (Å²) >= 11 is 0. The lowest BCUT2D eigenvalue weighted by molar-refractivity contribution is -0.176. The molecule has 1 aromatic rings. The maximum Gasteiger partial charge on any atom is 0.407 e. The number of amides is 3. The van der Waals surface area contributed by atoms with Gasteiger partial charge in [-0.05, 0) is 58.6 Å². The van der Waals surface area contributed by atoms with Gasteiger partial charge in [-0.3, -0.25) is 9.59 Å². The molecule has 1 aliphatic carbocycles. The molecule has 2 aliphatic rings. The average molecular weight is 418 g/mol. The van der Waals surface area contributed by atoms with Gasteiger partial charge in [0.2, 0.25) is 0 Å². The van der Waals surface area contributed by atoms with Crippen LogP contribution in [-0.4, -0.2) is 53.3 Å². The molecule has 1 saturated carbocycles. The molecule has 0 radical (unpaired) electrons. The first-order valence-electron chi connectivity index (χ1n) is 9.94. The topological polar surface area (TPSA) is 111 Å². The van der Waals surface area contributed by atoms with Crippen molar-refractivity contribution in [3.63, 3.8) is 0 Å². The molecule has 1 N–H and O–H groups in total. The van der Waals surface area contributed by atoms with Crippen molar-refractivity contribution in [3.8, 4) is 0 Å². The Bertz CT molecular complexity index is 803. The van der Waals surface area contributed by atoms with Crippen molar-refractivity contribution in [2.75, 3.05) is 6.61 Å². The third-order valence-electron chi connectivity index (χ3n) is 4.78. The first-order chi connectivity index (χ1) is 14.1. The highest BCUT2D eigenvalue weighted by molar-refractivity contribution is 6.20. The van der Waals surface area contributed by atoms with Gasteiger partial charge in [-0.1, -0.05) is 17.2 Å². The van der Waals surface area contributed by atoms with Crippen LogP contribution >= 0.6 is 0 Å². The number of alkyl carbamates (subject to hydrolysis) is 1. The molecule has 1 aliphatic heterocycles. The van der Waals surface area contributed by atoms with Crippen LogP contribution in [0.15, 0.2) is 24.3 Å². The second-order valence-electron chi connectivity index (χ2n) is 8.34. The minimum absolute atomic E-state index is 0.00926. The zero-order chi connectivity index (χ0) is 21.9. The summed E-state index contributed by atoms with van der Waals surface area (Å²) in [7, 11) is 0. The van der Waals surface area contributed by atoms with Gasteiger partial charge in [-0.25, -0.2) is 9.59 Å². The highest BCUT2D eigenvalue weighted by Crippen LogP contribution is 2.24. The number of carbonyl (C=O) groups is 4. The quantitative estimate of drug-likeness (QED) is 0.732. The number of rotatable bonds is 5. The van der Waals surface area contributed by atoms with Gasteiger partial charge in [-0.2, -0.15) is 0 Å². The third-order valence-corrected chi connectivity index (χ3v) is 4.78. The van der Waals surface area contributed by atoms with Crippen molar-refractivity contribution in [2.45, 2.75) is 64.2 Å². The summed E-state index contributed by atoms with van der Waals surface area (Å²) in [6.45, 7) is 5.04. The van der Waals surface area contributed by atoms with E-state index in [-0.39, 0.29) is 29.9 Å². The predicted octanol–water partition coefficient (Wildman–Crippen LogP) is 2.59. The van der Waals surface area contributed by atoms with E-state index in [0.29, 0.717) is 30.7 Å². The lowest BCUT2D eigenvalue weighted by Crippen LogP contribution is -2.42. The Morgan fingerprint density at radius 2 is 1.60 bits per heavy atom. The van der Waals surface area contributed by atoms with E-state index in [0.717, 1.165) is 0 Å². The normalized spacial score (nSPS) is 21.2. The van der Waals surface area contributed by atoms with Crippen molar-refractivity contribution in [3.05, 3.63) is 35.4 Å². The number of nitrogens with one attached hydrogen (secondary N) is 1. The van der Waals surface area contributed by atoms with Crippen LogP contribution in [-0.2, 0) is 19.1 Å². The zero-order valence-corrected chi connectivity index (χ0v) is 17.3. The number of benzene rings is 1. The molecular weight excluding hydrogens is 392 g/mol. The summed E-state index contributed by atoms with van der Waals surface area (Å²) in [6, 6.07) is 6.26. The molecule has 162 valence electrons. The Morgan fingerprint density at radius 1 is 1.03 bits per heavy atom. The first kappa shape index (κ1) is 21.8. The van der Waals surface area contributed by atoms with Crippen molar-refractivity contribution in [2.24, 2.45) is 0 Å². The molecule has 3 amide bonds. The van der Waals surface area contributed by atoms with Crippen molar-refractivity contribution in [1.29, 1.82) is 0 Å². The van der Waals surface area contributed by atoms with E-state index in [1.54, 1.807) is 32.9 Å². The highest BCUT2D eigenvalue weighted by Gasteiger charge is 2.38. The van der Waals surface area contributed by atoms with E-state index < -0.39 is 29.5 Å². The number of ether oxygens (including phenoxy) is 2. The Morgan fingerprint density at radius 3 is 2.13 bits per heavy atom. The fourth-order valence-electron chi connectivity index (χ4n) is 3.41. The summed E-state index contributed by atoms with van der Waals surface area (Å²) in [5.74, 6) is -2.16. The third kappa shape index (κ3) is 5.35. The molecule has 0 spiro atoms. The van der Waals surface area contributed by atoms with E-state index in [2.05, 4.69) is 5.32 Å². The summed E-state index contributed by atoms with van der Waals surface area (Å²) in [5, 5.41) is 3.31. The van der Waals surface area contributed by atoms with Crippen LogP contribution in [0.25, 0.3) is 0 Å². The van der Waals surface area contributed by atoms with Gasteiger partial charge in [0.25, 0.3) is 11.8 Å². The van der Waals surface area contributed by atoms with Crippen molar-refractivity contribution in [1.82, 2.24) is 10.4 Å². The molecule has 0 atom stereocenters. The van der Waals surface area contributed by atoms with Crippen LogP contribution in [0.2, 0.25) is 0 Å². The first-order valence-corrected chi connectivity index (χ1v) is 9.94. The minimum atomic E-state index is -0.821. The number of nitrogens with zero attached hydrogens (tertiary/aromatic N) is 1. The molecule has 1 fully saturated rings. The molecule has 30 heavy (non-hydrogen) atoms. The number of hydrogen-bond acceptors (Lipinski definition) is 7. The summed E-state index contributed by atoms with van der Waals surface area (Å²) in [5.41, 5.74) is -0.149. The predicted molar refractivity (Wildman–Crippen MR) is 104 cm³/mol. The second-order valence-corrected chi connectivity index (χ2v) is 8.34. The van der Waals surface area contributed by atoms with Crippen LogP contribution < -0.4 is 5.32 Å². The zero-order valence-electron chi connectivity index (χ0n) is 17.3. The Kier molecular flexibility index (Phi) is 6.40. The molecule has 0 unspecified atom stereocenters. The summed E-state index contributed by atoms with van der Waals surface area (Å²) in [4.78, 5) is 53.2. The van der Waals surface area contributed by atoms with Gasteiger partial charge in [0.15, 0.2) is 0 Å². The van der Waals surface area contributed by atoms with Gasteiger partial charge in [-0.15, -0.1) is 0 Å². The lowest BCUT2D eigenvalue weighted by Gasteiger charge is -2.29. The fourth-order valence-corrected chi connectivity index (χ4v) is 3.41. The molecular formula is C21H26N2O7. The van der Waals surface area contributed by atoms with Crippen molar-refractivity contribution < 1.29 is 33.5 Å². The van der Waals surface area contributed by atoms with Crippen molar-refractivity contribution >= 4 is 23.9 Å². The van der Waals surface area contributed by atoms with E-state index in [1.165, 1.54) is 12.1 Å². The van der Waals surface area contributed by atoms with Crippen LogP contribution in [0.3, 0.4) is 0 Å². The standard InChI is InChI=1S/C21H26N2O7/c1-21(2,3)29-20(27)22-13-8-10-14(11-9-13)28-12-17(24)30-23-18(25)15-6-4-5-7-16(15)19(23)26/h4-7,13-14H,8-12H2,1-3H3,(H,22,27). The Balaban J connectivity index is 1.39. The van der Waals surface area contributed by atoms with E-state index in [1.807, 2.05) is 0 Å². The lowest BCUT2D eigenvalue weighted by atomic mass is 9.93. The van der Waals surface area contributed by atoms with Gasteiger partial charge in [0.05, 0.1) is 17.2 Å². The number of hydrogen-bond donors (Lipinski definition) is 1. The molecule has 1 heterocycles. The monoisotopic (exact) mass is 418 g/mol. The molecule has 0 aromatic heterocycles. The van der Waals surface area contributed by atoms with E-state index in [9.17, 15) is 19.2 Å². The van der Waals surface area contributed by atoms with Crippen LogP contribution in [0.5, 0.6) is 0 Å². The van der Waals surface area contributed by atoms with Gasteiger partial charge >= 0.3 is 12.1 Å². The number of hydroxylamine groups is 2. The molecule has 0 bridgehead atoms. The van der Waals surface area contributed by atoms with E-state index in [4.69, 9.17) is 14.3 Å². The SMILES string of the molecule is CC(C)(C)OC(=O)NC1CCC(OCC(=O)ON2C(=O)c3ccccc3C2=O)CC1. The number of fused-ring (bicyclic) bond motifs is 1. The largest absolute Gasteiger partial charge is 0.444 e. The number of imide groups is 1. The second kappa shape index (κ2) is 8.83. The average Bonchev–Trinajstić information content (AvgIpc) is 2.91. The highest BCUT2D eigenvalue weighted by atomic mass is 16.7. The Hall–Kier alpha value is -2.94. The summed E-state index contributed by atoms with van der Waals surface area (Å²) < 4.78 is 10.8. The molecule has 3 rings (SSSR count). The molecule has 9 heteroatoms.